The minimum absolute atomic E-state index is 0. The van der Waals surface area contributed by atoms with Crippen molar-refractivity contribution in [2.75, 3.05) is 18.8 Å². The van der Waals surface area contributed by atoms with Gasteiger partial charge >= 0.3 is 0 Å². The van der Waals surface area contributed by atoms with Gasteiger partial charge < -0.3 is 20.6 Å². The van der Waals surface area contributed by atoms with Gasteiger partial charge in [0.2, 0.25) is 0 Å². The maximum Gasteiger partial charge on any atom is 0.271 e. The maximum atomic E-state index is 11.4. The van der Waals surface area contributed by atoms with E-state index in [1.165, 1.54) is 18.2 Å². The molecule has 0 fully saturated rings. The first-order chi connectivity index (χ1) is 14.7. The van der Waals surface area contributed by atoms with E-state index < -0.39 is 0 Å². The fourth-order valence-electron chi connectivity index (χ4n) is 2.00. The van der Waals surface area contributed by atoms with E-state index >= 15 is 0 Å². The summed E-state index contributed by atoms with van der Waals surface area (Å²) in [6.45, 7) is 22.3. The van der Waals surface area contributed by atoms with Crippen LogP contribution in [0.25, 0.3) is 9.69 Å². The number of thioether (sulfide) groups is 1. The Morgan fingerprint density at radius 3 is 1.69 bits per heavy atom. The van der Waals surface area contributed by atoms with Crippen molar-refractivity contribution in [3.63, 3.8) is 0 Å². The Balaban J connectivity index is -0.000000134. The number of aromatic amines is 2. The monoisotopic (exact) mass is 654 g/mol. The molecule has 10 nitrogen and oxygen atoms in total. The Morgan fingerprint density at radius 1 is 0.886 bits per heavy atom. The molecule has 0 unspecified atom stereocenters. The fraction of sp³-hybridized carbons (Fsp3) is 0.455. The zero-order valence-electron chi connectivity index (χ0n) is 19.4. The molecule has 0 amide bonds. The van der Waals surface area contributed by atoms with E-state index in [4.69, 9.17) is 13.1 Å². The van der Waals surface area contributed by atoms with Crippen molar-refractivity contribution in [2.45, 2.75) is 54.1 Å². The summed E-state index contributed by atoms with van der Waals surface area (Å²) in [5.41, 5.74) is 0.373. The molecule has 2 heterocycles. The van der Waals surface area contributed by atoms with Crippen molar-refractivity contribution in [2.24, 2.45) is 0 Å². The Kier molecular flexibility index (Phi) is 33.2. The summed E-state index contributed by atoms with van der Waals surface area (Å²) in [6, 6.07) is 0. The summed E-state index contributed by atoms with van der Waals surface area (Å²) in [5.74, 6) is 1.31. The number of nitrogens with one attached hydrogen (secondary N) is 4. The van der Waals surface area contributed by atoms with Gasteiger partial charge in [-0.05, 0) is 40.3 Å². The molecule has 0 atom stereocenters. The molecule has 2 aromatic heterocycles. The topological polar surface area (TPSA) is 124 Å². The van der Waals surface area contributed by atoms with Crippen LogP contribution in [0.3, 0.4) is 0 Å². The molecule has 2 aromatic rings. The molecular formula is C22H36N8O2SY2-2. The Morgan fingerprint density at radius 2 is 1.34 bits per heavy atom. The molecule has 0 aliphatic rings. The Hall–Kier alpha value is -0.782. The molecule has 0 bridgehead atoms. The van der Waals surface area contributed by atoms with E-state index in [1.807, 2.05) is 0 Å². The van der Waals surface area contributed by atoms with Gasteiger partial charge in [-0.1, -0.05) is 33.5 Å². The molecule has 0 aliphatic carbocycles. The first-order valence-electron chi connectivity index (χ1n) is 9.31. The number of nitrogens with zero attached hydrogens (tertiary/aromatic N) is 4. The molecule has 0 aliphatic heterocycles. The van der Waals surface area contributed by atoms with Crippen LogP contribution >= 0.6 is 11.8 Å². The predicted molar refractivity (Wildman–Crippen MR) is 138 cm³/mol. The molecule has 0 aromatic carbocycles. The number of hydrogen-bond donors (Lipinski definition) is 4. The third-order valence-corrected chi connectivity index (χ3v) is 4.28. The molecule has 4 N–H and O–H groups in total. The van der Waals surface area contributed by atoms with E-state index in [1.54, 1.807) is 20.8 Å². The van der Waals surface area contributed by atoms with Crippen molar-refractivity contribution in [1.82, 2.24) is 30.6 Å². The fourth-order valence-corrected chi connectivity index (χ4v) is 2.81. The van der Waals surface area contributed by atoms with Gasteiger partial charge in [-0.15, -0.1) is 0 Å². The second kappa shape index (κ2) is 26.3. The summed E-state index contributed by atoms with van der Waals surface area (Å²) in [7, 11) is 6.91. The minimum atomic E-state index is -0.373. The third kappa shape index (κ3) is 18.2. The number of aryl methyl sites for hydroxylation is 3. The molecule has 190 valence electrons. The van der Waals surface area contributed by atoms with E-state index in [9.17, 15) is 9.59 Å². The molecule has 35 heavy (non-hydrogen) atoms. The smallest absolute Gasteiger partial charge is 0.271 e. The number of aromatic nitrogens is 4. The molecular weight excluding hydrogens is 618 g/mol. The van der Waals surface area contributed by atoms with Gasteiger partial charge in [-0.25, -0.2) is 14.7 Å². The number of rotatable bonds is 6. The van der Waals surface area contributed by atoms with Crippen LogP contribution < -0.4 is 21.8 Å². The summed E-state index contributed by atoms with van der Waals surface area (Å²) in [6.07, 6.45) is 1.17. The number of H-pyrrole nitrogens is 2. The van der Waals surface area contributed by atoms with Gasteiger partial charge in [-0.2, -0.15) is 0 Å². The zero-order chi connectivity index (χ0) is 23.8. The van der Waals surface area contributed by atoms with Gasteiger partial charge in [0.05, 0.1) is 24.5 Å². The molecule has 2 rings (SSSR count). The largest absolute Gasteiger partial charge is 0.473 e. The first kappa shape index (κ1) is 44.2. The van der Waals surface area contributed by atoms with Gasteiger partial charge in [0.15, 0.2) is 5.16 Å². The first-order valence-corrected chi connectivity index (χ1v) is 10.3. The summed E-state index contributed by atoms with van der Waals surface area (Å²) in [5, 5.41) is 6.06. The zero-order valence-corrected chi connectivity index (χ0v) is 25.9. The Labute approximate surface area is 264 Å². The molecule has 13 heteroatoms. The van der Waals surface area contributed by atoms with Crippen LogP contribution in [0.1, 0.15) is 45.4 Å². The minimum Gasteiger partial charge on any atom is -0.473 e. The second-order valence-corrected chi connectivity index (χ2v) is 7.05. The quantitative estimate of drug-likeness (QED) is 0.160. The van der Waals surface area contributed by atoms with E-state index in [0.717, 1.165) is 18.8 Å². The standard InChI is InChI=1S/C9H11N4OS.C7H7N3O.C4H10N.2CH4.2Y/c1-6-7(11-3)8(14)13-9(12-6)15-5-4-10-2;1-4-6(8-3)7(11)10-5(2)9-4;1-3-4-5-2;;;;/h10H,2,4-5H2,1H3,(H,12,13,14);1-2H3,(H,9,10,11);5H,2-4H2,1H3;2*1H4;;/q-1;;-1;;;;. The average molecular weight is 654 g/mol. The van der Waals surface area contributed by atoms with Crippen molar-refractivity contribution >= 4 is 23.1 Å². The maximum absolute atomic E-state index is 11.4. The van der Waals surface area contributed by atoms with E-state index in [-0.39, 0.29) is 103 Å². The van der Waals surface area contributed by atoms with Crippen molar-refractivity contribution in [3.8, 4) is 0 Å². The summed E-state index contributed by atoms with van der Waals surface area (Å²) in [4.78, 5) is 41.6. The van der Waals surface area contributed by atoms with Crippen molar-refractivity contribution in [1.29, 1.82) is 0 Å². The van der Waals surface area contributed by atoms with Crippen LogP contribution in [-0.2, 0) is 65.4 Å². The van der Waals surface area contributed by atoms with Gasteiger partial charge in [0.25, 0.3) is 22.5 Å². The average Bonchev–Trinajstić information content (AvgIpc) is 2.69. The third-order valence-electron chi connectivity index (χ3n) is 3.40. The molecule has 0 spiro atoms. The normalized spacial score (nSPS) is 8.34. The molecule has 2 radical (unpaired) electrons. The van der Waals surface area contributed by atoms with Crippen molar-refractivity contribution in [3.05, 3.63) is 74.8 Å². The van der Waals surface area contributed by atoms with Crippen LogP contribution in [0.4, 0.5) is 11.4 Å². The molecule has 0 saturated carbocycles. The summed E-state index contributed by atoms with van der Waals surface area (Å²) < 4.78 is 0. The van der Waals surface area contributed by atoms with E-state index in [0.29, 0.717) is 22.4 Å². The number of hydrogen-bond acceptors (Lipinski definition) is 7. The van der Waals surface area contributed by atoms with Crippen LogP contribution in [0.2, 0.25) is 0 Å². The van der Waals surface area contributed by atoms with Gasteiger partial charge in [-0.3, -0.25) is 28.7 Å². The van der Waals surface area contributed by atoms with Crippen LogP contribution in [0.5, 0.6) is 0 Å². The van der Waals surface area contributed by atoms with E-state index in [2.05, 4.69) is 61.3 Å². The predicted octanol–water partition coefficient (Wildman–Crippen LogP) is 4.08. The SMILES string of the molecule is C.C.[C-]#[N+]c1c(C)nc(C)[nH]c1=O.[C-]#[N+]c1c(C)nc(SCCN[CH2-])[nH]c1=O.[CH2-]NCCC.[Y].[Y]. The Bertz CT molecular complexity index is 1030. The second-order valence-electron chi connectivity index (χ2n) is 5.96. The molecule has 0 saturated heterocycles. The van der Waals surface area contributed by atoms with Gasteiger partial charge in [0, 0.05) is 71.2 Å². The van der Waals surface area contributed by atoms with Crippen LogP contribution in [-0.4, -0.2) is 38.8 Å². The van der Waals surface area contributed by atoms with Crippen LogP contribution in [0.15, 0.2) is 14.7 Å². The summed E-state index contributed by atoms with van der Waals surface area (Å²) >= 11 is 1.42. The van der Waals surface area contributed by atoms with Crippen LogP contribution in [0, 0.1) is 48.0 Å². The van der Waals surface area contributed by atoms with Crippen molar-refractivity contribution < 1.29 is 65.4 Å². The van der Waals surface area contributed by atoms with Gasteiger partial charge in [0.1, 0.15) is 5.82 Å².